The Morgan fingerprint density at radius 3 is 2.52 bits per heavy atom. The Bertz CT molecular complexity index is 786. The van der Waals surface area contributed by atoms with Gasteiger partial charge in [-0.3, -0.25) is 9.59 Å². The first-order valence-electron chi connectivity index (χ1n) is 8.68. The first-order chi connectivity index (χ1) is 12.0. The lowest BCUT2D eigenvalue weighted by Crippen LogP contribution is -2.30. The van der Waals surface area contributed by atoms with Crippen molar-refractivity contribution in [1.29, 1.82) is 0 Å². The number of aryl methyl sites for hydroxylation is 2. The molecular weight excluding hydrogens is 312 g/mol. The van der Waals surface area contributed by atoms with Gasteiger partial charge in [0.1, 0.15) is 0 Å². The molecule has 0 aromatic heterocycles. The van der Waals surface area contributed by atoms with Crippen molar-refractivity contribution in [3.63, 3.8) is 0 Å². The monoisotopic (exact) mass is 336 g/mol. The number of carbonyl (C=O) groups excluding carboxylic acids is 2. The van der Waals surface area contributed by atoms with Crippen LogP contribution in [-0.4, -0.2) is 23.3 Å². The third kappa shape index (κ3) is 3.73. The molecule has 1 aliphatic rings. The fourth-order valence-corrected chi connectivity index (χ4v) is 3.26. The molecule has 2 atom stereocenters. The van der Waals surface area contributed by atoms with Crippen LogP contribution in [0.1, 0.15) is 36.1 Å². The number of hydrogen-bond acceptors (Lipinski definition) is 2. The van der Waals surface area contributed by atoms with Crippen LogP contribution in [0.4, 0.5) is 5.69 Å². The van der Waals surface area contributed by atoms with Crippen molar-refractivity contribution in [3.05, 3.63) is 65.2 Å². The Morgan fingerprint density at radius 2 is 1.84 bits per heavy atom. The van der Waals surface area contributed by atoms with Crippen molar-refractivity contribution in [1.82, 2.24) is 4.90 Å². The van der Waals surface area contributed by atoms with Gasteiger partial charge in [-0.2, -0.15) is 0 Å². The Labute approximate surface area is 148 Å². The molecule has 2 amide bonds. The summed E-state index contributed by atoms with van der Waals surface area (Å²) < 4.78 is 0. The SMILES string of the molecule is Cc1ccc(NC(=O)[C@H]2CC(=O)N([C@@H](C)c3ccccc3)C2)cc1C. The Balaban J connectivity index is 1.67. The molecular formula is C21H24N2O2. The number of nitrogens with one attached hydrogen (secondary N) is 1. The van der Waals surface area contributed by atoms with E-state index < -0.39 is 0 Å². The quantitative estimate of drug-likeness (QED) is 0.922. The van der Waals surface area contributed by atoms with Crippen LogP contribution in [0.3, 0.4) is 0 Å². The van der Waals surface area contributed by atoms with Crippen LogP contribution in [0.25, 0.3) is 0 Å². The second-order valence-corrected chi connectivity index (χ2v) is 6.82. The van der Waals surface area contributed by atoms with Gasteiger partial charge in [0.05, 0.1) is 12.0 Å². The molecule has 0 aliphatic carbocycles. The topological polar surface area (TPSA) is 49.4 Å². The molecule has 1 heterocycles. The van der Waals surface area contributed by atoms with Crippen molar-refractivity contribution < 1.29 is 9.59 Å². The van der Waals surface area contributed by atoms with Gasteiger partial charge in [0.25, 0.3) is 0 Å². The molecule has 4 heteroatoms. The minimum atomic E-state index is -0.305. The molecule has 130 valence electrons. The highest BCUT2D eigenvalue weighted by molar-refractivity contribution is 5.97. The van der Waals surface area contributed by atoms with Gasteiger partial charge in [0.2, 0.25) is 11.8 Å². The summed E-state index contributed by atoms with van der Waals surface area (Å²) in [5.41, 5.74) is 4.21. The maximum absolute atomic E-state index is 12.6. The summed E-state index contributed by atoms with van der Waals surface area (Å²) in [4.78, 5) is 26.8. The summed E-state index contributed by atoms with van der Waals surface area (Å²) in [6.07, 6.45) is 0.272. The van der Waals surface area contributed by atoms with E-state index in [1.165, 1.54) is 5.56 Å². The lowest BCUT2D eigenvalue weighted by Gasteiger charge is -2.25. The molecule has 0 spiro atoms. The van der Waals surface area contributed by atoms with Crippen LogP contribution in [-0.2, 0) is 9.59 Å². The molecule has 1 N–H and O–H groups in total. The van der Waals surface area contributed by atoms with E-state index in [9.17, 15) is 9.59 Å². The van der Waals surface area contributed by atoms with E-state index in [-0.39, 0.29) is 30.2 Å². The highest BCUT2D eigenvalue weighted by Crippen LogP contribution is 2.29. The molecule has 0 saturated carbocycles. The van der Waals surface area contributed by atoms with E-state index in [0.717, 1.165) is 16.8 Å². The van der Waals surface area contributed by atoms with E-state index in [2.05, 4.69) is 5.32 Å². The van der Waals surface area contributed by atoms with Gasteiger partial charge >= 0.3 is 0 Å². The fourth-order valence-electron chi connectivity index (χ4n) is 3.26. The number of benzene rings is 2. The summed E-state index contributed by atoms with van der Waals surface area (Å²) in [7, 11) is 0. The first-order valence-corrected chi connectivity index (χ1v) is 8.68. The van der Waals surface area contributed by atoms with Gasteiger partial charge in [-0.05, 0) is 49.6 Å². The molecule has 4 nitrogen and oxygen atoms in total. The Hall–Kier alpha value is -2.62. The number of likely N-dealkylation sites (tertiary alicyclic amines) is 1. The van der Waals surface area contributed by atoms with Crippen LogP contribution >= 0.6 is 0 Å². The third-order valence-corrected chi connectivity index (χ3v) is 5.05. The normalized spacial score (nSPS) is 18.3. The molecule has 1 aliphatic heterocycles. The zero-order chi connectivity index (χ0) is 18.0. The average molecular weight is 336 g/mol. The molecule has 2 aromatic carbocycles. The van der Waals surface area contributed by atoms with Crippen molar-refractivity contribution in [2.75, 3.05) is 11.9 Å². The second-order valence-electron chi connectivity index (χ2n) is 6.82. The van der Waals surface area contributed by atoms with Crippen molar-refractivity contribution in [3.8, 4) is 0 Å². The van der Waals surface area contributed by atoms with Crippen LogP contribution in [0.5, 0.6) is 0 Å². The van der Waals surface area contributed by atoms with Crippen LogP contribution in [0.15, 0.2) is 48.5 Å². The van der Waals surface area contributed by atoms with E-state index in [1.54, 1.807) is 4.90 Å². The van der Waals surface area contributed by atoms with Gasteiger partial charge in [0, 0.05) is 18.7 Å². The van der Waals surface area contributed by atoms with Crippen molar-refractivity contribution in [2.24, 2.45) is 5.92 Å². The van der Waals surface area contributed by atoms with E-state index >= 15 is 0 Å². The van der Waals surface area contributed by atoms with Gasteiger partial charge in [-0.15, -0.1) is 0 Å². The standard InChI is InChI=1S/C21H24N2O2/c1-14-9-10-19(11-15(14)2)22-21(25)18-12-20(24)23(13-18)16(3)17-7-5-4-6-8-17/h4-11,16,18H,12-13H2,1-3H3,(H,22,25)/t16-,18-/m0/s1. The zero-order valence-electron chi connectivity index (χ0n) is 15.0. The maximum Gasteiger partial charge on any atom is 0.229 e. The van der Waals surface area contributed by atoms with Gasteiger partial charge in [-0.1, -0.05) is 36.4 Å². The van der Waals surface area contributed by atoms with Crippen LogP contribution in [0.2, 0.25) is 0 Å². The predicted molar refractivity (Wildman–Crippen MR) is 99.2 cm³/mol. The average Bonchev–Trinajstić information content (AvgIpc) is 3.00. The molecule has 3 rings (SSSR count). The van der Waals surface area contributed by atoms with E-state index in [4.69, 9.17) is 0 Å². The summed E-state index contributed by atoms with van der Waals surface area (Å²) in [5.74, 6) is -0.351. The van der Waals surface area contributed by atoms with E-state index in [1.807, 2.05) is 69.3 Å². The number of hydrogen-bond donors (Lipinski definition) is 1. The highest BCUT2D eigenvalue weighted by Gasteiger charge is 2.37. The highest BCUT2D eigenvalue weighted by atomic mass is 16.2. The first kappa shape index (κ1) is 17.2. The summed E-state index contributed by atoms with van der Waals surface area (Å²) >= 11 is 0. The molecule has 1 fully saturated rings. The lowest BCUT2D eigenvalue weighted by atomic mass is 10.1. The molecule has 25 heavy (non-hydrogen) atoms. The summed E-state index contributed by atoms with van der Waals surface area (Å²) in [6, 6.07) is 15.8. The van der Waals surface area contributed by atoms with Crippen LogP contribution < -0.4 is 5.32 Å². The number of carbonyl (C=O) groups is 2. The zero-order valence-corrected chi connectivity index (χ0v) is 15.0. The number of amides is 2. The third-order valence-electron chi connectivity index (χ3n) is 5.05. The minimum absolute atomic E-state index is 0.0203. The Morgan fingerprint density at radius 1 is 1.12 bits per heavy atom. The fraction of sp³-hybridized carbons (Fsp3) is 0.333. The number of rotatable bonds is 4. The smallest absolute Gasteiger partial charge is 0.229 e. The minimum Gasteiger partial charge on any atom is -0.335 e. The second kappa shape index (κ2) is 7.09. The number of anilines is 1. The van der Waals surface area contributed by atoms with Crippen molar-refractivity contribution in [2.45, 2.75) is 33.2 Å². The van der Waals surface area contributed by atoms with E-state index in [0.29, 0.717) is 6.54 Å². The van der Waals surface area contributed by atoms with Crippen molar-refractivity contribution >= 4 is 17.5 Å². The predicted octanol–water partition coefficient (Wildman–Crippen LogP) is 3.85. The number of nitrogens with zero attached hydrogens (tertiary/aromatic N) is 1. The molecule has 1 saturated heterocycles. The van der Waals surface area contributed by atoms with Crippen LogP contribution in [0, 0.1) is 19.8 Å². The largest absolute Gasteiger partial charge is 0.335 e. The lowest BCUT2D eigenvalue weighted by molar-refractivity contribution is -0.129. The Kier molecular flexibility index (Phi) is 4.88. The van der Waals surface area contributed by atoms with Gasteiger partial charge in [-0.25, -0.2) is 0 Å². The summed E-state index contributed by atoms with van der Waals surface area (Å²) in [6.45, 7) is 6.54. The van der Waals surface area contributed by atoms with Gasteiger partial charge in [0.15, 0.2) is 0 Å². The maximum atomic E-state index is 12.6. The molecule has 0 radical (unpaired) electrons. The molecule has 0 unspecified atom stereocenters. The molecule has 2 aromatic rings. The van der Waals surface area contributed by atoms with Gasteiger partial charge < -0.3 is 10.2 Å². The molecule has 0 bridgehead atoms. The summed E-state index contributed by atoms with van der Waals surface area (Å²) in [5, 5.41) is 2.95.